The van der Waals surface area contributed by atoms with Gasteiger partial charge in [-0.2, -0.15) is 13.2 Å². The number of nitrogens with zero attached hydrogens (tertiary/aromatic N) is 2. The van der Waals surface area contributed by atoms with Crippen LogP contribution in [-0.2, 0) is 24.0 Å². The van der Waals surface area contributed by atoms with Crippen LogP contribution in [0.5, 0.6) is 0 Å². The van der Waals surface area contributed by atoms with Gasteiger partial charge >= 0.3 is 6.18 Å². The minimum absolute atomic E-state index is 0.101. The third kappa shape index (κ3) is 4.16. The highest BCUT2D eigenvalue weighted by Crippen LogP contribution is 2.28. The average molecular weight is 382 g/mol. The highest BCUT2D eigenvalue weighted by atomic mass is 19.4. The van der Waals surface area contributed by atoms with E-state index >= 15 is 0 Å². The summed E-state index contributed by atoms with van der Waals surface area (Å²) in [4.78, 5) is 24.5. The molecule has 1 fully saturated rings. The first kappa shape index (κ1) is 19.4. The first-order valence-electron chi connectivity index (χ1n) is 8.76. The molecule has 0 radical (unpaired) electrons. The predicted octanol–water partition coefficient (Wildman–Crippen LogP) is 3.35. The van der Waals surface area contributed by atoms with Crippen LogP contribution in [0.3, 0.4) is 0 Å². The van der Waals surface area contributed by atoms with E-state index < -0.39 is 29.6 Å². The van der Waals surface area contributed by atoms with Crippen LogP contribution in [0.1, 0.15) is 40.2 Å². The molecule has 2 aromatic heterocycles. The molecule has 0 saturated carbocycles. The summed E-state index contributed by atoms with van der Waals surface area (Å²) in [5.74, 6) is -0.400. The average Bonchev–Trinajstić information content (AvgIpc) is 3.19. The van der Waals surface area contributed by atoms with E-state index in [9.17, 15) is 22.8 Å². The third-order valence-corrected chi connectivity index (χ3v) is 4.91. The van der Waals surface area contributed by atoms with Crippen molar-refractivity contribution in [1.82, 2.24) is 9.13 Å². The molecule has 1 saturated heterocycles. The molecule has 5 nitrogen and oxygen atoms in total. The van der Waals surface area contributed by atoms with Gasteiger partial charge in [-0.15, -0.1) is 0 Å². The van der Waals surface area contributed by atoms with Crippen LogP contribution < -0.4 is 5.56 Å². The van der Waals surface area contributed by atoms with Gasteiger partial charge in [-0.05, 0) is 38.8 Å². The molecule has 0 spiro atoms. The van der Waals surface area contributed by atoms with E-state index in [0.717, 1.165) is 47.5 Å². The Morgan fingerprint density at radius 2 is 2.04 bits per heavy atom. The van der Waals surface area contributed by atoms with Gasteiger partial charge in [0.05, 0.1) is 18.2 Å². The second-order valence-corrected chi connectivity index (χ2v) is 6.84. The van der Waals surface area contributed by atoms with Gasteiger partial charge in [0.15, 0.2) is 5.78 Å². The number of aryl methyl sites for hydroxylation is 1. The molecule has 0 aromatic carbocycles. The Kier molecular flexibility index (Phi) is 5.28. The molecular weight excluding hydrogens is 361 g/mol. The molecule has 0 aliphatic carbocycles. The van der Waals surface area contributed by atoms with Crippen LogP contribution >= 0.6 is 0 Å². The van der Waals surface area contributed by atoms with Crippen LogP contribution in [0.15, 0.2) is 29.2 Å². The van der Waals surface area contributed by atoms with Crippen LogP contribution in [0, 0.1) is 13.8 Å². The first-order valence-corrected chi connectivity index (χ1v) is 8.76. The molecule has 0 unspecified atom stereocenters. The molecular formula is C19H21F3N2O3. The Morgan fingerprint density at radius 3 is 2.67 bits per heavy atom. The van der Waals surface area contributed by atoms with Gasteiger partial charge in [0.2, 0.25) is 0 Å². The lowest BCUT2D eigenvalue weighted by atomic mass is 10.1. The first-order chi connectivity index (χ1) is 12.7. The molecule has 0 amide bonds. The van der Waals surface area contributed by atoms with Crippen molar-refractivity contribution < 1.29 is 22.7 Å². The molecule has 1 aliphatic heterocycles. The Labute approximate surface area is 154 Å². The number of hydrogen-bond acceptors (Lipinski definition) is 3. The van der Waals surface area contributed by atoms with Gasteiger partial charge in [-0.25, -0.2) is 0 Å². The monoisotopic (exact) mass is 382 g/mol. The largest absolute Gasteiger partial charge is 0.417 e. The summed E-state index contributed by atoms with van der Waals surface area (Å²) in [6.07, 6.45) is -1.82. The zero-order valence-corrected chi connectivity index (χ0v) is 15.2. The van der Waals surface area contributed by atoms with Crippen LogP contribution in [0.4, 0.5) is 13.2 Å². The molecule has 1 atom stereocenters. The molecule has 146 valence electrons. The second kappa shape index (κ2) is 7.34. The lowest BCUT2D eigenvalue weighted by Crippen LogP contribution is -2.25. The number of ketones is 1. The molecule has 0 bridgehead atoms. The zero-order chi connectivity index (χ0) is 19.8. The summed E-state index contributed by atoms with van der Waals surface area (Å²) >= 11 is 0. The highest BCUT2D eigenvalue weighted by Gasteiger charge is 2.31. The number of carbonyl (C=O) groups excluding carboxylic acids is 1. The second-order valence-electron chi connectivity index (χ2n) is 6.84. The summed E-state index contributed by atoms with van der Waals surface area (Å²) in [6.45, 7) is 4.59. The van der Waals surface area contributed by atoms with Crippen molar-refractivity contribution in [3.63, 3.8) is 0 Å². The van der Waals surface area contributed by atoms with E-state index in [1.54, 1.807) is 13.0 Å². The number of carbonyl (C=O) groups is 1. The number of ether oxygens (including phenoxy) is 1. The molecule has 27 heavy (non-hydrogen) atoms. The van der Waals surface area contributed by atoms with Crippen molar-refractivity contribution in [2.24, 2.45) is 0 Å². The lowest BCUT2D eigenvalue weighted by Gasteiger charge is -2.15. The highest BCUT2D eigenvalue weighted by molar-refractivity contribution is 5.97. The summed E-state index contributed by atoms with van der Waals surface area (Å²) in [5.41, 5.74) is 0.411. The molecule has 8 heteroatoms. The van der Waals surface area contributed by atoms with E-state index in [4.69, 9.17) is 4.74 Å². The quantitative estimate of drug-likeness (QED) is 0.746. The topological polar surface area (TPSA) is 53.2 Å². The lowest BCUT2D eigenvalue weighted by molar-refractivity contribution is -0.138. The minimum atomic E-state index is -4.57. The maximum Gasteiger partial charge on any atom is 0.417 e. The van der Waals surface area contributed by atoms with E-state index in [2.05, 4.69) is 0 Å². The fourth-order valence-electron chi connectivity index (χ4n) is 3.42. The molecule has 2 aromatic rings. The number of pyridine rings is 1. The fraction of sp³-hybridized carbons (Fsp3) is 0.474. The van der Waals surface area contributed by atoms with Gasteiger partial charge in [0.1, 0.15) is 0 Å². The normalized spacial score (nSPS) is 17.4. The van der Waals surface area contributed by atoms with Gasteiger partial charge in [0, 0.05) is 42.4 Å². The van der Waals surface area contributed by atoms with Crippen LogP contribution in [0.2, 0.25) is 0 Å². The van der Waals surface area contributed by atoms with Crippen LogP contribution in [-0.4, -0.2) is 27.6 Å². The number of Topliss-reactive ketones (excluding diaryl/α,β-unsaturated/α-hetero) is 1. The standard InChI is InChI=1S/C19H21F3N2O3/c1-12-8-16(13(2)24(12)10-15-4-3-7-27-15)17(25)11-23-9-14(19(20,21)22)5-6-18(23)26/h5-6,8-9,15H,3-4,7,10-11H2,1-2H3/t15-/m1/s1. The number of halogens is 3. The Balaban J connectivity index is 1.84. The zero-order valence-electron chi connectivity index (χ0n) is 15.2. The predicted molar refractivity (Wildman–Crippen MR) is 92.9 cm³/mol. The van der Waals surface area contributed by atoms with Gasteiger partial charge < -0.3 is 13.9 Å². The van der Waals surface area contributed by atoms with E-state index in [1.165, 1.54) is 0 Å². The van der Waals surface area contributed by atoms with E-state index in [0.29, 0.717) is 18.3 Å². The SMILES string of the molecule is Cc1cc(C(=O)Cn2cc(C(F)(F)F)ccc2=O)c(C)n1C[C@H]1CCCO1. The minimum Gasteiger partial charge on any atom is -0.376 e. The molecule has 0 N–H and O–H groups in total. The van der Waals surface area contributed by atoms with E-state index in [1.807, 2.05) is 11.5 Å². The molecule has 3 rings (SSSR count). The van der Waals surface area contributed by atoms with Crippen molar-refractivity contribution in [1.29, 1.82) is 0 Å². The molecule has 3 heterocycles. The Bertz CT molecular complexity index is 906. The smallest absolute Gasteiger partial charge is 0.376 e. The fourth-order valence-corrected chi connectivity index (χ4v) is 3.42. The summed E-state index contributed by atoms with van der Waals surface area (Å²) in [7, 11) is 0. The van der Waals surface area contributed by atoms with Crippen molar-refractivity contribution in [3.8, 4) is 0 Å². The Morgan fingerprint density at radius 1 is 1.30 bits per heavy atom. The van der Waals surface area contributed by atoms with Crippen molar-refractivity contribution in [2.45, 2.75) is 52.1 Å². The maximum atomic E-state index is 12.9. The summed E-state index contributed by atoms with van der Waals surface area (Å²) in [5, 5.41) is 0. The van der Waals surface area contributed by atoms with Crippen molar-refractivity contribution in [2.75, 3.05) is 6.61 Å². The van der Waals surface area contributed by atoms with Gasteiger partial charge in [-0.1, -0.05) is 0 Å². The van der Waals surface area contributed by atoms with Gasteiger partial charge in [0.25, 0.3) is 5.56 Å². The number of hydrogen-bond donors (Lipinski definition) is 0. The van der Waals surface area contributed by atoms with E-state index in [-0.39, 0.29) is 6.10 Å². The van der Waals surface area contributed by atoms with Crippen molar-refractivity contribution >= 4 is 5.78 Å². The number of rotatable bonds is 5. The van der Waals surface area contributed by atoms with Gasteiger partial charge in [-0.3, -0.25) is 9.59 Å². The number of aromatic nitrogens is 2. The Hall–Kier alpha value is -2.35. The third-order valence-electron chi connectivity index (χ3n) is 4.91. The van der Waals surface area contributed by atoms with Crippen molar-refractivity contribution in [3.05, 3.63) is 57.3 Å². The summed E-state index contributed by atoms with van der Waals surface area (Å²) in [6, 6.07) is 3.26. The van der Waals surface area contributed by atoms with Crippen LogP contribution in [0.25, 0.3) is 0 Å². The summed E-state index contributed by atoms with van der Waals surface area (Å²) < 4.78 is 47.0. The molecule has 1 aliphatic rings. The number of alkyl halides is 3. The maximum absolute atomic E-state index is 12.9.